The summed E-state index contributed by atoms with van der Waals surface area (Å²) >= 11 is 3.06. The Balaban J connectivity index is 1.81. The van der Waals surface area contributed by atoms with Crippen LogP contribution in [0.25, 0.3) is 0 Å². The van der Waals surface area contributed by atoms with Crippen LogP contribution >= 0.6 is 15.9 Å². The minimum absolute atomic E-state index is 0.0449. The summed E-state index contributed by atoms with van der Waals surface area (Å²) in [7, 11) is 0. The van der Waals surface area contributed by atoms with Crippen molar-refractivity contribution in [3.8, 4) is 5.75 Å². The van der Waals surface area contributed by atoms with E-state index in [1.54, 1.807) is 4.90 Å². The molecule has 3 rings (SSSR count). The van der Waals surface area contributed by atoms with Crippen molar-refractivity contribution >= 4 is 27.7 Å². The zero-order valence-electron chi connectivity index (χ0n) is 16.0. The number of fused-ring (bicyclic) bond motifs is 2. The fourth-order valence-corrected chi connectivity index (χ4v) is 3.97. The van der Waals surface area contributed by atoms with Crippen LogP contribution in [0.3, 0.4) is 0 Å². The molecule has 0 N–H and O–H groups in total. The predicted molar refractivity (Wildman–Crippen MR) is 103 cm³/mol. The van der Waals surface area contributed by atoms with Gasteiger partial charge in [0.2, 0.25) is 5.82 Å². The van der Waals surface area contributed by atoms with Crippen LogP contribution in [0, 0.1) is 15.9 Å². The number of hydrogen-bond donors (Lipinski definition) is 0. The fourth-order valence-electron chi connectivity index (χ4n) is 3.45. The summed E-state index contributed by atoms with van der Waals surface area (Å²) in [4.78, 5) is 26.5. The van der Waals surface area contributed by atoms with Crippen molar-refractivity contribution in [3.05, 3.63) is 32.0 Å². The Morgan fingerprint density at radius 3 is 2.79 bits per heavy atom. The van der Waals surface area contributed by atoms with Crippen LogP contribution in [0.15, 0.2) is 10.5 Å². The van der Waals surface area contributed by atoms with Crippen molar-refractivity contribution in [2.45, 2.75) is 45.4 Å². The number of amides is 1. The van der Waals surface area contributed by atoms with Gasteiger partial charge in [0, 0.05) is 38.3 Å². The maximum atomic E-state index is 14.9. The molecule has 10 heteroatoms. The third-order valence-electron chi connectivity index (χ3n) is 4.76. The highest BCUT2D eigenvalue weighted by Gasteiger charge is 2.35. The van der Waals surface area contributed by atoms with Crippen LogP contribution in [0.5, 0.6) is 5.75 Å². The Bertz CT molecular complexity index is 798. The molecule has 2 heterocycles. The predicted octanol–water partition coefficient (Wildman–Crippen LogP) is 3.70. The number of benzene rings is 1. The number of nitro groups is 1. The van der Waals surface area contributed by atoms with E-state index in [1.165, 1.54) is 6.07 Å². The molecule has 0 radical (unpaired) electrons. The standard InChI is InChI=1S/C18H23BrFN3O5/c1-18(2,3)28-17(24)22-6-5-21-10-12-14(27-7-4-11(21)9-22)8-13(19)16(15(12)20)23(25)26/h8,11H,4-7,9-10H2,1-3H3/t11-/m1/s1. The fraction of sp³-hybridized carbons (Fsp3) is 0.611. The number of piperazine rings is 1. The number of halogens is 2. The molecule has 0 aliphatic carbocycles. The molecule has 0 bridgehead atoms. The number of ether oxygens (including phenoxy) is 2. The lowest BCUT2D eigenvalue weighted by molar-refractivity contribution is -0.388. The van der Waals surface area contributed by atoms with E-state index in [0.29, 0.717) is 38.4 Å². The molecule has 1 amide bonds. The second kappa shape index (κ2) is 7.82. The van der Waals surface area contributed by atoms with Crippen molar-refractivity contribution in [1.82, 2.24) is 9.80 Å². The molecular formula is C18H23BrFN3O5. The summed E-state index contributed by atoms with van der Waals surface area (Å²) in [6.07, 6.45) is 0.274. The molecule has 2 aliphatic rings. The Kier molecular flexibility index (Phi) is 5.81. The maximum Gasteiger partial charge on any atom is 0.410 e. The quantitative estimate of drug-likeness (QED) is 0.470. The van der Waals surface area contributed by atoms with Gasteiger partial charge in [-0.15, -0.1) is 0 Å². The Hall–Kier alpha value is -1.94. The number of carbonyl (C=O) groups excluding carboxylic acids is 1. The van der Waals surface area contributed by atoms with Gasteiger partial charge in [-0.05, 0) is 43.1 Å². The summed E-state index contributed by atoms with van der Waals surface area (Å²) in [6.45, 7) is 7.35. The molecule has 1 aromatic rings. The first-order valence-electron chi connectivity index (χ1n) is 9.07. The Morgan fingerprint density at radius 1 is 1.43 bits per heavy atom. The number of nitro benzene ring substituents is 1. The number of carbonyl (C=O) groups is 1. The number of hydrogen-bond acceptors (Lipinski definition) is 6. The minimum Gasteiger partial charge on any atom is -0.493 e. The molecule has 0 spiro atoms. The normalized spacial score (nSPS) is 20.3. The van der Waals surface area contributed by atoms with E-state index in [-0.39, 0.29) is 28.7 Å². The second-order valence-corrected chi connectivity index (χ2v) is 8.80. The second-order valence-electron chi connectivity index (χ2n) is 7.94. The summed E-state index contributed by atoms with van der Waals surface area (Å²) in [5.74, 6) is -0.576. The maximum absolute atomic E-state index is 14.9. The molecule has 0 aromatic heterocycles. The third-order valence-corrected chi connectivity index (χ3v) is 5.37. The van der Waals surface area contributed by atoms with Gasteiger partial charge in [0.05, 0.1) is 17.1 Å². The smallest absolute Gasteiger partial charge is 0.410 e. The first-order chi connectivity index (χ1) is 13.1. The average Bonchev–Trinajstić information content (AvgIpc) is 2.54. The number of rotatable bonds is 1. The van der Waals surface area contributed by atoms with Crippen molar-refractivity contribution in [1.29, 1.82) is 0 Å². The zero-order chi connectivity index (χ0) is 20.6. The van der Waals surface area contributed by atoms with Crippen LogP contribution in [0.4, 0.5) is 14.9 Å². The van der Waals surface area contributed by atoms with E-state index in [9.17, 15) is 19.3 Å². The first kappa shape index (κ1) is 20.8. The lowest BCUT2D eigenvalue weighted by atomic mass is 10.0. The lowest BCUT2D eigenvalue weighted by Gasteiger charge is -2.42. The van der Waals surface area contributed by atoms with Gasteiger partial charge in [-0.3, -0.25) is 15.0 Å². The molecular weight excluding hydrogens is 437 g/mol. The SMILES string of the molecule is CC(C)(C)OC(=O)N1CCN2Cc3c(cc(Br)c([N+](=O)[O-])c3F)OCC[C@@H]2C1. The molecule has 28 heavy (non-hydrogen) atoms. The van der Waals surface area contributed by atoms with Crippen LogP contribution in [-0.4, -0.2) is 58.7 Å². The van der Waals surface area contributed by atoms with Crippen molar-refractivity contribution in [2.24, 2.45) is 0 Å². The van der Waals surface area contributed by atoms with Gasteiger partial charge in [0.15, 0.2) is 0 Å². The van der Waals surface area contributed by atoms with E-state index in [1.807, 2.05) is 25.7 Å². The summed E-state index contributed by atoms with van der Waals surface area (Å²) in [5.41, 5.74) is -0.996. The van der Waals surface area contributed by atoms with Gasteiger partial charge in [0.1, 0.15) is 15.8 Å². The molecule has 1 fully saturated rings. The lowest BCUT2D eigenvalue weighted by Crippen LogP contribution is -2.55. The Morgan fingerprint density at radius 2 is 2.14 bits per heavy atom. The molecule has 0 unspecified atom stereocenters. The van der Waals surface area contributed by atoms with E-state index in [4.69, 9.17) is 9.47 Å². The molecule has 1 saturated heterocycles. The summed E-state index contributed by atoms with van der Waals surface area (Å²) in [6, 6.07) is 1.41. The Labute approximate surface area is 170 Å². The summed E-state index contributed by atoms with van der Waals surface area (Å²) < 4.78 is 26.1. The molecule has 8 nitrogen and oxygen atoms in total. The molecule has 2 aliphatic heterocycles. The molecule has 154 valence electrons. The van der Waals surface area contributed by atoms with Crippen LogP contribution in [-0.2, 0) is 11.3 Å². The summed E-state index contributed by atoms with van der Waals surface area (Å²) in [5, 5.41) is 11.2. The first-order valence-corrected chi connectivity index (χ1v) is 9.86. The zero-order valence-corrected chi connectivity index (χ0v) is 17.6. The van der Waals surface area contributed by atoms with E-state index < -0.39 is 22.0 Å². The van der Waals surface area contributed by atoms with Crippen molar-refractivity contribution in [2.75, 3.05) is 26.2 Å². The van der Waals surface area contributed by atoms with Crippen molar-refractivity contribution < 1.29 is 23.6 Å². The van der Waals surface area contributed by atoms with Crippen LogP contribution < -0.4 is 4.74 Å². The molecule has 1 atom stereocenters. The highest BCUT2D eigenvalue weighted by Crippen LogP contribution is 2.38. The van der Waals surface area contributed by atoms with Gasteiger partial charge in [-0.2, -0.15) is 4.39 Å². The van der Waals surface area contributed by atoms with Gasteiger partial charge in [-0.25, -0.2) is 4.79 Å². The largest absolute Gasteiger partial charge is 0.493 e. The number of nitrogens with zero attached hydrogens (tertiary/aromatic N) is 3. The van der Waals surface area contributed by atoms with Gasteiger partial charge in [-0.1, -0.05) is 0 Å². The van der Waals surface area contributed by atoms with Gasteiger partial charge < -0.3 is 14.4 Å². The van der Waals surface area contributed by atoms with Crippen LogP contribution in [0.2, 0.25) is 0 Å². The highest BCUT2D eigenvalue weighted by molar-refractivity contribution is 9.10. The van der Waals surface area contributed by atoms with Gasteiger partial charge >= 0.3 is 11.8 Å². The van der Waals surface area contributed by atoms with Crippen molar-refractivity contribution in [3.63, 3.8) is 0 Å². The van der Waals surface area contributed by atoms with E-state index >= 15 is 0 Å². The topological polar surface area (TPSA) is 85.2 Å². The monoisotopic (exact) mass is 459 g/mol. The van der Waals surface area contributed by atoms with Gasteiger partial charge in [0.25, 0.3) is 0 Å². The molecule has 1 aromatic carbocycles. The van der Waals surface area contributed by atoms with Crippen LogP contribution in [0.1, 0.15) is 32.8 Å². The average molecular weight is 460 g/mol. The third kappa shape index (κ3) is 4.38. The minimum atomic E-state index is -0.885. The van der Waals surface area contributed by atoms with E-state index in [0.717, 1.165) is 0 Å². The molecule has 0 saturated carbocycles. The van der Waals surface area contributed by atoms with E-state index in [2.05, 4.69) is 15.9 Å². The highest BCUT2D eigenvalue weighted by atomic mass is 79.9.